The Balaban J connectivity index is 1.94. The molecule has 0 aliphatic heterocycles. The predicted molar refractivity (Wildman–Crippen MR) is 112 cm³/mol. The Bertz CT molecular complexity index is 949. The Labute approximate surface area is 179 Å². The molecule has 4 nitrogen and oxygen atoms in total. The number of carbonyl (C=O) groups is 2. The normalized spacial score (nSPS) is 15.0. The van der Waals surface area contributed by atoms with Gasteiger partial charge in [0, 0.05) is 19.2 Å². The van der Waals surface area contributed by atoms with Crippen LogP contribution in [0, 0.1) is 5.92 Å². The average Bonchev–Trinajstić information content (AvgIpc) is 2.73. The summed E-state index contributed by atoms with van der Waals surface area (Å²) in [5.74, 6) is -1.04. The molecule has 0 atom stereocenters. The number of nitrogens with zero attached hydrogens (tertiary/aromatic N) is 1. The summed E-state index contributed by atoms with van der Waals surface area (Å²) in [5.41, 5.74) is -0.187. The standard InChI is InChI=1S/C24H26F3NO3/c1-28(15-16-7-3-2-4-8-16)23(31)20-12-11-17(13-18(20)14-22(29)30)19-9-5-6-10-21(19)24(25,26)27/h5-6,9-13,16H,2-4,7-8,14-15H2,1H3,(H,29,30). The summed E-state index contributed by atoms with van der Waals surface area (Å²) in [4.78, 5) is 26.0. The van der Waals surface area contributed by atoms with Crippen molar-refractivity contribution in [2.24, 2.45) is 5.92 Å². The van der Waals surface area contributed by atoms with Gasteiger partial charge in [-0.3, -0.25) is 9.59 Å². The largest absolute Gasteiger partial charge is 0.481 e. The number of alkyl halides is 3. The highest BCUT2D eigenvalue weighted by molar-refractivity contribution is 5.97. The van der Waals surface area contributed by atoms with Gasteiger partial charge in [-0.15, -0.1) is 0 Å². The molecule has 3 rings (SSSR count). The Morgan fingerprint density at radius 1 is 1.06 bits per heavy atom. The minimum absolute atomic E-state index is 0.0452. The molecular weight excluding hydrogens is 407 g/mol. The maximum absolute atomic E-state index is 13.4. The topological polar surface area (TPSA) is 57.6 Å². The highest BCUT2D eigenvalue weighted by Gasteiger charge is 2.33. The number of carboxylic acids is 1. The van der Waals surface area contributed by atoms with E-state index in [9.17, 15) is 27.9 Å². The number of carboxylic acid groups (broad SMARTS) is 1. The molecule has 1 aliphatic carbocycles. The Hall–Kier alpha value is -2.83. The fourth-order valence-electron chi connectivity index (χ4n) is 4.31. The van der Waals surface area contributed by atoms with Gasteiger partial charge in [-0.2, -0.15) is 13.2 Å². The zero-order valence-electron chi connectivity index (χ0n) is 17.4. The van der Waals surface area contributed by atoms with Crippen LogP contribution < -0.4 is 0 Å². The number of amides is 1. The van der Waals surface area contributed by atoms with Gasteiger partial charge < -0.3 is 10.0 Å². The molecule has 1 fully saturated rings. The summed E-state index contributed by atoms with van der Waals surface area (Å²) in [5, 5.41) is 9.31. The van der Waals surface area contributed by atoms with Gasteiger partial charge in [0.25, 0.3) is 5.91 Å². The fourth-order valence-corrected chi connectivity index (χ4v) is 4.31. The van der Waals surface area contributed by atoms with Crippen LogP contribution >= 0.6 is 0 Å². The molecule has 1 aliphatic rings. The van der Waals surface area contributed by atoms with Crippen LogP contribution in [-0.4, -0.2) is 35.5 Å². The molecule has 0 radical (unpaired) electrons. The molecule has 0 saturated heterocycles. The molecule has 0 bridgehead atoms. The summed E-state index contributed by atoms with van der Waals surface area (Å²) in [6.07, 6.45) is 0.629. The van der Waals surface area contributed by atoms with Crippen LogP contribution in [0.4, 0.5) is 13.2 Å². The molecule has 166 valence electrons. The van der Waals surface area contributed by atoms with Crippen molar-refractivity contribution in [1.82, 2.24) is 4.90 Å². The third-order valence-corrected chi connectivity index (χ3v) is 5.82. The van der Waals surface area contributed by atoms with E-state index >= 15 is 0 Å². The molecule has 1 amide bonds. The van der Waals surface area contributed by atoms with Crippen LogP contribution in [0.25, 0.3) is 11.1 Å². The molecule has 0 aromatic heterocycles. The zero-order chi connectivity index (χ0) is 22.6. The van der Waals surface area contributed by atoms with Crippen molar-refractivity contribution in [2.45, 2.75) is 44.7 Å². The van der Waals surface area contributed by atoms with Crippen molar-refractivity contribution in [3.8, 4) is 11.1 Å². The van der Waals surface area contributed by atoms with Crippen molar-refractivity contribution < 1.29 is 27.9 Å². The van der Waals surface area contributed by atoms with Gasteiger partial charge >= 0.3 is 12.1 Å². The number of halogens is 3. The van der Waals surface area contributed by atoms with E-state index < -0.39 is 24.1 Å². The van der Waals surface area contributed by atoms with Gasteiger partial charge in [0.05, 0.1) is 12.0 Å². The second kappa shape index (κ2) is 9.54. The van der Waals surface area contributed by atoms with Crippen LogP contribution in [-0.2, 0) is 17.4 Å². The first-order chi connectivity index (χ1) is 14.7. The molecule has 1 N–H and O–H groups in total. The molecule has 2 aromatic carbocycles. The number of rotatable bonds is 6. The SMILES string of the molecule is CN(CC1CCCCC1)C(=O)c1ccc(-c2ccccc2C(F)(F)F)cc1CC(=O)O. The summed E-state index contributed by atoms with van der Waals surface area (Å²) in [6.45, 7) is 0.587. The van der Waals surface area contributed by atoms with E-state index in [4.69, 9.17) is 0 Å². The van der Waals surface area contributed by atoms with Crippen LogP contribution in [0.1, 0.15) is 53.6 Å². The minimum atomic E-state index is -4.54. The molecule has 0 heterocycles. The van der Waals surface area contributed by atoms with E-state index in [0.29, 0.717) is 12.5 Å². The highest BCUT2D eigenvalue weighted by Crippen LogP contribution is 2.37. The second-order valence-electron chi connectivity index (χ2n) is 8.18. The maximum Gasteiger partial charge on any atom is 0.417 e. The van der Waals surface area contributed by atoms with Crippen molar-refractivity contribution in [1.29, 1.82) is 0 Å². The number of aliphatic carboxylic acids is 1. The van der Waals surface area contributed by atoms with E-state index in [1.54, 1.807) is 11.9 Å². The smallest absolute Gasteiger partial charge is 0.417 e. The van der Waals surface area contributed by atoms with Gasteiger partial charge in [-0.05, 0) is 53.6 Å². The lowest BCUT2D eigenvalue weighted by atomic mass is 9.88. The van der Waals surface area contributed by atoms with Gasteiger partial charge in [0.15, 0.2) is 0 Å². The van der Waals surface area contributed by atoms with Crippen LogP contribution in [0.2, 0.25) is 0 Å². The monoisotopic (exact) mass is 433 g/mol. The second-order valence-corrected chi connectivity index (χ2v) is 8.18. The number of hydrogen-bond donors (Lipinski definition) is 1. The lowest BCUT2D eigenvalue weighted by Gasteiger charge is -2.27. The molecule has 0 unspecified atom stereocenters. The first-order valence-corrected chi connectivity index (χ1v) is 10.4. The number of carbonyl (C=O) groups excluding carboxylic acids is 1. The van der Waals surface area contributed by atoms with E-state index in [1.807, 2.05) is 0 Å². The van der Waals surface area contributed by atoms with Crippen molar-refractivity contribution in [2.75, 3.05) is 13.6 Å². The van der Waals surface area contributed by atoms with Crippen molar-refractivity contribution >= 4 is 11.9 Å². The number of benzene rings is 2. The third kappa shape index (κ3) is 5.66. The Morgan fingerprint density at radius 3 is 2.39 bits per heavy atom. The summed E-state index contributed by atoms with van der Waals surface area (Å²) < 4.78 is 40.3. The van der Waals surface area contributed by atoms with E-state index in [-0.39, 0.29) is 28.2 Å². The Morgan fingerprint density at radius 2 is 1.74 bits per heavy atom. The van der Waals surface area contributed by atoms with E-state index in [1.165, 1.54) is 42.8 Å². The quantitative estimate of drug-likeness (QED) is 0.640. The number of hydrogen-bond acceptors (Lipinski definition) is 2. The molecule has 31 heavy (non-hydrogen) atoms. The predicted octanol–water partition coefficient (Wildman–Crippen LogP) is 5.65. The molecule has 2 aromatic rings. The minimum Gasteiger partial charge on any atom is -0.481 e. The first-order valence-electron chi connectivity index (χ1n) is 10.4. The van der Waals surface area contributed by atoms with Gasteiger partial charge in [-0.25, -0.2) is 0 Å². The average molecular weight is 433 g/mol. The maximum atomic E-state index is 13.4. The van der Waals surface area contributed by atoms with E-state index in [2.05, 4.69) is 0 Å². The molecule has 0 spiro atoms. The molecular formula is C24H26F3NO3. The highest BCUT2D eigenvalue weighted by atomic mass is 19.4. The third-order valence-electron chi connectivity index (χ3n) is 5.82. The zero-order valence-corrected chi connectivity index (χ0v) is 17.4. The summed E-state index contributed by atoms with van der Waals surface area (Å²) >= 11 is 0. The lowest BCUT2D eigenvalue weighted by Crippen LogP contribution is -2.33. The van der Waals surface area contributed by atoms with Gasteiger partial charge in [0.1, 0.15) is 0 Å². The van der Waals surface area contributed by atoms with Gasteiger partial charge in [0.2, 0.25) is 0 Å². The summed E-state index contributed by atoms with van der Waals surface area (Å²) in [7, 11) is 1.69. The molecule has 1 saturated carbocycles. The summed E-state index contributed by atoms with van der Waals surface area (Å²) in [6, 6.07) is 9.43. The van der Waals surface area contributed by atoms with Crippen LogP contribution in [0.5, 0.6) is 0 Å². The van der Waals surface area contributed by atoms with Crippen LogP contribution in [0.15, 0.2) is 42.5 Å². The first kappa shape index (κ1) is 22.8. The Kier molecular flexibility index (Phi) is 7.03. The molecule has 7 heteroatoms. The lowest BCUT2D eigenvalue weighted by molar-refractivity contribution is -0.137. The van der Waals surface area contributed by atoms with Crippen molar-refractivity contribution in [3.63, 3.8) is 0 Å². The van der Waals surface area contributed by atoms with Crippen LogP contribution in [0.3, 0.4) is 0 Å². The van der Waals surface area contributed by atoms with Crippen molar-refractivity contribution in [3.05, 3.63) is 59.2 Å². The van der Waals surface area contributed by atoms with Gasteiger partial charge in [-0.1, -0.05) is 43.5 Å². The van der Waals surface area contributed by atoms with E-state index in [0.717, 1.165) is 31.7 Å². The fraction of sp³-hybridized carbons (Fsp3) is 0.417.